The maximum absolute atomic E-state index is 12.6. The number of aromatic nitrogens is 1. The second-order valence-corrected chi connectivity index (χ2v) is 6.37. The van der Waals surface area contributed by atoms with Crippen LogP contribution in [0.4, 0.5) is 5.69 Å². The standard InChI is InChI=1S/C19H23N3O2/c1-14-11-20-12-16(18(14)23)19(24)21(2)13-15-7-3-4-8-17(15)22-9-5-6-10-22/h3-4,7-8,11-12H,5-6,9-10,13H2,1-2H3,(H,20,23). The van der Waals surface area contributed by atoms with E-state index in [0.29, 0.717) is 12.1 Å². The Bertz CT molecular complexity index is 791. The van der Waals surface area contributed by atoms with E-state index in [1.165, 1.54) is 24.7 Å². The predicted octanol–water partition coefficient (Wildman–Crippen LogP) is 2.56. The molecule has 1 fully saturated rings. The molecule has 0 bridgehead atoms. The molecule has 3 rings (SSSR count). The van der Waals surface area contributed by atoms with Crippen molar-refractivity contribution in [1.29, 1.82) is 0 Å². The molecule has 1 saturated heterocycles. The number of aromatic amines is 1. The summed E-state index contributed by atoms with van der Waals surface area (Å²) in [7, 11) is 1.74. The number of nitrogens with zero attached hydrogens (tertiary/aromatic N) is 2. The van der Waals surface area contributed by atoms with Crippen molar-refractivity contribution in [2.24, 2.45) is 0 Å². The van der Waals surface area contributed by atoms with Crippen LogP contribution in [0.15, 0.2) is 41.5 Å². The third-order valence-corrected chi connectivity index (χ3v) is 4.55. The zero-order chi connectivity index (χ0) is 17.1. The number of amides is 1. The summed E-state index contributed by atoms with van der Waals surface area (Å²) in [6, 6.07) is 8.19. The Hall–Kier alpha value is -2.56. The van der Waals surface area contributed by atoms with E-state index in [0.717, 1.165) is 18.7 Å². The minimum Gasteiger partial charge on any atom is -0.371 e. The van der Waals surface area contributed by atoms with Crippen molar-refractivity contribution in [3.8, 4) is 0 Å². The fraction of sp³-hybridized carbons (Fsp3) is 0.368. The number of carbonyl (C=O) groups excluding carboxylic acids is 1. The Kier molecular flexibility index (Phi) is 4.69. The molecule has 1 amide bonds. The molecule has 1 aliphatic heterocycles. The fourth-order valence-electron chi connectivity index (χ4n) is 3.20. The van der Waals surface area contributed by atoms with Crippen LogP contribution in [-0.2, 0) is 6.54 Å². The van der Waals surface area contributed by atoms with Gasteiger partial charge in [0, 0.05) is 50.3 Å². The van der Waals surface area contributed by atoms with Crippen LogP contribution in [0.25, 0.3) is 0 Å². The van der Waals surface area contributed by atoms with Gasteiger partial charge in [-0.25, -0.2) is 0 Å². The molecule has 1 aromatic carbocycles. The van der Waals surface area contributed by atoms with Gasteiger partial charge in [-0.1, -0.05) is 18.2 Å². The van der Waals surface area contributed by atoms with Crippen LogP contribution in [0.2, 0.25) is 0 Å². The highest BCUT2D eigenvalue weighted by atomic mass is 16.2. The molecule has 0 spiro atoms. The molecule has 0 aliphatic carbocycles. The van der Waals surface area contributed by atoms with Gasteiger partial charge in [0.25, 0.3) is 5.91 Å². The lowest BCUT2D eigenvalue weighted by atomic mass is 10.1. The van der Waals surface area contributed by atoms with Gasteiger partial charge in [0.2, 0.25) is 0 Å². The molecule has 0 atom stereocenters. The van der Waals surface area contributed by atoms with E-state index in [-0.39, 0.29) is 16.9 Å². The maximum Gasteiger partial charge on any atom is 0.259 e. The molecule has 1 aromatic heterocycles. The first-order chi connectivity index (χ1) is 11.6. The smallest absolute Gasteiger partial charge is 0.259 e. The number of nitrogens with one attached hydrogen (secondary N) is 1. The van der Waals surface area contributed by atoms with Crippen molar-refractivity contribution in [3.05, 3.63) is 63.6 Å². The van der Waals surface area contributed by atoms with E-state index < -0.39 is 0 Å². The van der Waals surface area contributed by atoms with Crippen LogP contribution < -0.4 is 10.3 Å². The quantitative estimate of drug-likeness (QED) is 0.940. The molecular formula is C19H23N3O2. The lowest BCUT2D eigenvalue weighted by Crippen LogP contribution is -2.32. The third-order valence-electron chi connectivity index (χ3n) is 4.55. The largest absolute Gasteiger partial charge is 0.371 e. The van der Waals surface area contributed by atoms with Crippen molar-refractivity contribution in [2.45, 2.75) is 26.3 Å². The van der Waals surface area contributed by atoms with Crippen molar-refractivity contribution >= 4 is 11.6 Å². The molecule has 1 aliphatic rings. The number of para-hydroxylation sites is 1. The van der Waals surface area contributed by atoms with Crippen LogP contribution in [0.1, 0.15) is 34.3 Å². The maximum atomic E-state index is 12.6. The number of hydrogen-bond donors (Lipinski definition) is 1. The van der Waals surface area contributed by atoms with Gasteiger partial charge in [-0.05, 0) is 31.4 Å². The number of aryl methyl sites for hydroxylation is 1. The lowest BCUT2D eigenvalue weighted by Gasteiger charge is -2.24. The minimum atomic E-state index is -0.254. The Morgan fingerprint density at radius 2 is 1.92 bits per heavy atom. The van der Waals surface area contributed by atoms with Gasteiger partial charge in [-0.2, -0.15) is 0 Å². The Morgan fingerprint density at radius 1 is 1.21 bits per heavy atom. The van der Waals surface area contributed by atoms with Gasteiger partial charge in [0.15, 0.2) is 5.43 Å². The van der Waals surface area contributed by atoms with Gasteiger partial charge >= 0.3 is 0 Å². The van der Waals surface area contributed by atoms with Crippen molar-refractivity contribution in [2.75, 3.05) is 25.0 Å². The monoisotopic (exact) mass is 325 g/mol. The molecule has 0 radical (unpaired) electrons. The summed E-state index contributed by atoms with van der Waals surface area (Å²) in [5.74, 6) is -0.254. The van der Waals surface area contributed by atoms with Gasteiger partial charge in [0.05, 0.1) is 0 Å². The van der Waals surface area contributed by atoms with Crippen LogP contribution >= 0.6 is 0 Å². The first-order valence-corrected chi connectivity index (χ1v) is 8.34. The average Bonchev–Trinajstić information content (AvgIpc) is 3.11. The minimum absolute atomic E-state index is 0.191. The lowest BCUT2D eigenvalue weighted by molar-refractivity contribution is 0.0783. The molecule has 5 heteroatoms. The Balaban J connectivity index is 1.82. The van der Waals surface area contributed by atoms with Crippen molar-refractivity contribution < 1.29 is 4.79 Å². The summed E-state index contributed by atoms with van der Waals surface area (Å²) in [6.45, 7) is 4.32. The number of H-pyrrole nitrogens is 1. The number of pyridine rings is 1. The zero-order valence-corrected chi connectivity index (χ0v) is 14.2. The second-order valence-electron chi connectivity index (χ2n) is 6.37. The van der Waals surface area contributed by atoms with Crippen molar-refractivity contribution in [1.82, 2.24) is 9.88 Å². The summed E-state index contributed by atoms with van der Waals surface area (Å²) >= 11 is 0. The molecule has 5 nitrogen and oxygen atoms in total. The number of benzene rings is 1. The summed E-state index contributed by atoms with van der Waals surface area (Å²) in [4.78, 5) is 31.7. The number of rotatable bonds is 4. The number of anilines is 1. The summed E-state index contributed by atoms with van der Waals surface area (Å²) in [5.41, 5.74) is 2.83. The van der Waals surface area contributed by atoms with E-state index in [1.807, 2.05) is 12.1 Å². The van der Waals surface area contributed by atoms with E-state index in [1.54, 1.807) is 25.1 Å². The Morgan fingerprint density at radius 3 is 2.67 bits per heavy atom. The molecule has 1 N–H and O–H groups in total. The molecule has 24 heavy (non-hydrogen) atoms. The van der Waals surface area contributed by atoms with Crippen LogP contribution in [-0.4, -0.2) is 35.9 Å². The SMILES string of the molecule is Cc1c[nH]cc(C(=O)N(C)Cc2ccccc2N2CCCC2)c1=O. The van der Waals surface area contributed by atoms with Crippen LogP contribution in [0.3, 0.4) is 0 Å². The topological polar surface area (TPSA) is 56.4 Å². The van der Waals surface area contributed by atoms with Crippen LogP contribution in [0.5, 0.6) is 0 Å². The van der Waals surface area contributed by atoms with Gasteiger partial charge in [-0.15, -0.1) is 0 Å². The van der Waals surface area contributed by atoms with Gasteiger partial charge in [0.1, 0.15) is 5.56 Å². The number of hydrogen-bond acceptors (Lipinski definition) is 3. The van der Waals surface area contributed by atoms with E-state index in [2.05, 4.69) is 22.0 Å². The summed E-state index contributed by atoms with van der Waals surface area (Å²) in [5, 5.41) is 0. The van der Waals surface area contributed by atoms with Crippen LogP contribution in [0, 0.1) is 6.92 Å². The highest BCUT2D eigenvalue weighted by Crippen LogP contribution is 2.25. The first kappa shape index (κ1) is 16.3. The molecule has 0 saturated carbocycles. The predicted molar refractivity (Wildman–Crippen MR) is 95.5 cm³/mol. The highest BCUT2D eigenvalue weighted by Gasteiger charge is 2.20. The fourth-order valence-corrected chi connectivity index (χ4v) is 3.20. The van der Waals surface area contributed by atoms with E-state index >= 15 is 0 Å². The first-order valence-electron chi connectivity index (χ1n) is 8.34. The number of carbonyl (C=O) groups is 1. The zero-order valence-electron chi connectivity index (χ0n) is 14.2. The Labute approximate surface area is 141 Å². The van der Waals surface area contributed by atoms with E-state index in [9.17, 15) is 9.59 Å². The molecule has 126 valence electrons. The summed E-state index contributed by atoms with van der Waals surface area (Å²) < 4.78 is 0. The average molecular weight is 325 g/mol. The summed E-state index contributed by atoms with van der Waals surface area (Å²) in [6.07, 6.45) is 5.52. The molecule has 2 heterocycles. The normalized spacial score (nSPS) is 14.0. The highest BCUT2D eigenvalue weighted by molar-refractivity contribution is 5.93. The van der Waals surface area contributed by atoms with Gasteiger partial charge < -0.3 is 14.8 Å². The van der Waals surface area contributed by atoms with Crippen molar-refractivity contribution in [3.63, 3.8) is 0 Å². The molecule has 2 aromatic rings. The van der Waals surface area contributed by atoms with Gasteiger partial charge in [-0.3, -0.25) is 9.59 Å². The third kappa shape index (κ3) is 3.20. The molecule has 0 unspecified atom stereocenters. The van der Waals surface area contributed by atoms with E-state index in [4.69, 9.17) is 0 Å². The second kappa shape index (κ2) is 6.91. The molecular weight excluding hydrogens is 302 g/mol.